The minimum atomic E-state index is -4.02. The summed E-state index contributed by atoms with van der Waals surface area (Å²) in [6.45, 7) is 0. The number of halogens is 3. The maximum atomic E-state index is 13.7. The number of hydrogen-bond donors (Lipinski definition) is 3. The lowest BCUT2D eigenvalue weighted by molar-refractivity contribution is -0.144. The van der Waals surface area contributed by atoms with Crippen molar-refractivity contribution in [3.8, 4) is 0 Å². The topological polar surface area (TPSA) is 117 Å². The molecule has 1 heterocycles. The predicted octanol–water partition coefficient (Wildman–Crippen LogP) is 4.75. The molecule has 0 radical (unpaired) electrons. The smallest absolute Gasteiger partial charge is 0.255 e. The highest BCUT2D eigenvalue weighted by atomic mass is 35.5. The number of aliphatic hydroxyl groups is 2. The molecule has 2 saturated carbocycles. The Hall–Kier alpha value is -2.44. The first-order chi connectivity index (χ1) is 17.5. The summed E-state index contributed by atoms with van der Waals surface area (Å²) < 4.78 is 54.1. The molecule has 196 valence electrons. The van der Waals surface area contributed by atoms with Crippen LogP contribution < -0.4 is 5.32 Å². The van der Waals surface area contributed by atoms with Crippen molar-refractivity contribution in [2.45, 2.75) is 47.5 Å². The molecule has 3 unspecified atom stereocenters. The van der Waals surface area contributed by atoms with E-state index in [0.29, 0.717) is 17.8 Å². The van der Waals surface area contributed by atoms with Gasteiger partial charge in [0.15, 0.2) is 21.5 Å². The van der Waals surface area contributed by atoms with Crippen molar-refractivity contribution in [1.29, 1.82) is 0 Å². The van der Waals surface area contributed by atoms with Crippen molar-refractivity contribution in [2.75, 3.05) is 5.32 Å². The van der Waals surface area contributed by atoms with Crippen molar-refractivity contribution < 1.29 is 32.2 Å². The molecule has 3 aromatic rings. The molecule has 2 aromatic carbocycles. The van der Waals surface area contributed by atoms with E-state index in [1.165, 1.54) is 35.6 Å². The summed E-state index contributed by atoms with van der Waals surface area (Å²) in [6, 6.07) is 6.68. The van der Waals surface area contributed by atoms with Crippen LogP contribution in [0.2, 0.25) is 5.02 Å². The van der Waals surface area contributed by atoms with E-state index in [4.69, 9.17) is 11.6 Å². The van der Waals surface area contributed by atoms with Crippen molar-refractivity contribution in [3.63, 3.8) is 0 Å². The van der Waals surface area contributed by atoms with E-state index in [1.807, 2.05) is 0 Å². The average molecular weight is 569 g/mol. The Morgan fingerprint density at radius 3 is 2.46 bits per heavy atom. The van der Waals surface area contributed by atoms with E-state index in [-0.39, 0.29) is 34.0 Å². The van der Waals surface area contributed by atoms with E-state index in [1.54, 1.807) is 11.6 Å². The van der Waals surface area contributed by atoms with Gasteiger partial charge in [-0.25, -0.2) is 22.2 Å². The average Bonchev–Trinajstić information content (AvgIpc) is 3.43. The number of thiazole rings is 1. The Balaban J connectivity index is 1.39. The molecule has 2 aliphatic rings. The van der Waals surface area contributed by atoms with E-state index >= 15 is 0 Å². The first-order valence-electron chi connectivity index (χ1n) is 11.6. The second kappa shape index (κ2) is 9.70. The Morgan fingerprint density at radius 2 is 1.84 bits per heavy atom. The van der Waals surface area contributed by atoms with Gasteiger partial charge in [0, 0.05) is 28.9 Å². The number of carbonyl (C=O) groups is 1. The fraction of sp³-hybridized carbons (Fsp3) is 0.360. The van der Waals surface area contributed by atoms with Crippen molar-refractivity contribution >= 4 is 44.4 Å². The summed E-state index contributed by atoms with van der Waals surface area (Å²) in [5.74, 6) is -3.83. The highest BCUT2D eigenvalue weighted by molar-refractivity contribution is 7.92. The van der Waals surface area contributed by atoms with Gasteiger partial charge in [0.25, 0.3) is 5.91 Å². The van der Waals surface area contributed by atoms with Gasteiger partial charge in [0.1, 0.15) is 16.7 Å². The molecule has 2 aliphatic carbocycles. The minimum absolute atomic E-state index is 0.00480. The number of aromatic nitrogens is 1. The molecule has 0 spiro atoms. The van der Waals surface area contributed by atoms with Crippen LogP contribution in [0, 0.1) is 23.5 Å². The third kappa shape index (κ3) is 4.57. The minimum Gasteiger partial charge on any atom is -0.386 e. The van der Waals surface area contributed by atoms with E-state index in [2.05, 4.69) is 10.3 Å². The van der Waals surface area contributed by atoms with Gasteiger partial charge in [0.2, 0.25) is 0 Å². The molecule has 5 atom stereocenters. The van der Waals surface area contributed by atoms with Gasteiger partial charge in [-0.2, -0.15) is 0 Å². The summed E-state index contributed by atoms with van der Waals surface area (Å²) in [7, 11) is -4.02. The van der Waals surface area contributed by atoms with E-state index < -0.39 is 56.2 Å². The van der Waals surface area contributed by atoms with Gasteiger partial charge in [-0.05, 0) is 67.9 Å². The monoisotopic (exact) mass is 568 g/mol. The first kappa shape index (κ1) is 26.2. The number of amides is 1. The fourth-order valence-corrected chi connectivity index (χ4v) is 8.73. The normalized spacial score (nSPS) is 26.1. The van der Waals surface area contributed by atoms with Gasteiger partial charge in [-0.1, -0.05) is 11.6 Å². The molecule has 5 rings (SSSR count). The molecule has 0 aliphatic heterocycles. The van der Waals surface area contributed by atoms with E-state index in [9.17, 15) is 32.2 Å². The number of hydrogen-bond acceptors (Lipinski definition) is 7. The number of sulfone groups is 1. The number of fused-ring (bicyclic) bond motifs is 2. The van der Waals surface area contributed by atoms with Crippen molar-refractivity contribution in [3.05, 3.63) is 75.2 Å². The van der Waals surface area contributed by atoms with Gasteiger partial charge in [-0.3, -0.25) is 4.79 Å². The van der Waals surface area contributed by atoms with Crippen LogP contribution in [0.4, 0.5) is 14.5 Å². The molecule has 7 nitrogen and oxygen atoms in total. The number of nitrogens with one attached hydrogen (secondary N) is 1. The van der Waals surface area contributed by atoms with Crippen molar-refractivity contribution in [2.24, 2.45) is 11.8 Å². The molecule has 1 aromatic heterocycles. The zero-order valence-corrected chi connectivity index (χ0v) is 21.7. The summed E-state index contributed by atoms with van der Waals surface area (Å²) in [4.78, 5) is 16.6. The maximum absolute atomic E-state index is 13.7. The van der Waals surface area contributed by atoms with Crippen LogP contribution in [0.5, 0.6) is 0 Å². The number of benzene rings is 2. The molecule has 0 saturated heterocycles. The number of anilines is 1. The van der Waals surface area contributed by atoms with Gasteiger partial charge in [-0.15, -0.1) is 11.3 Å². The number of nitrogens with zero attached hydrogens (tertiary/aromatic N) is 1. The number of rotatable bonds is 6. The fourth-order valence-electron chi connectivity index (χ4n) is 5.63. The molecule has 2 bridgehead atoms. The van der Waals surface area contributed by atoms with Crippen LogP contribution in [0.25, 0.3) is 0 Å². The lowest BCUT2D eigenvalue weighted by atomic mass is 9.71. The standard InChI is InChI=1S/C25H23ClF2N2O5S2/c26-18-5-1-13(23(32)30-16-4-6-19(27)20(28)12-16)9-21(18)37(34,35)17-10-14-2-3-15(11-17)25(14,33)22(31)24-29-7-8-36-24/h1,4-9,12,14-15,17,22,31,33H,2-3,10-11H2,(H,30,32)/t14-,15+,17?,22?,25?. The SMILES string of the molecule is O=C(Nc1ccc(F)c(F)c1)c1ccc(Cl)c(S(=O)(=O)C2C[C@H]3CC[C@@H](C2)C3(O)C(O)c2nccs2)c1. The summed E-state index contributed by atoms with van der Waals surface area (Å²) in [5, 5.41) is 26.0. The van der Waals surface area contributed by atoms with E-state index in [0.717, 1.165) is 12.1 Å². The van der Waals surface area contributed by atoms with Crippen LogP contribution >= 0.6 is 22.9 Å². The van der Waals surface area contributed by atoms with Crippen molar-refractivity contribution in [1.82, 2.24) is 4.98 Å². The van der Waals surface area contributed by atoms with Gasteiger partial charge < -0.3 is 15.5 Å². The molecular formula is C25H23ClF2N2O5S2. The second-order valence-corrected chi connectivity index (χ2v) is 13.0. The lowest BCUT2D eigenvalue weighted by Gasteiger charge is -2.44. The largest absolute Gasteiger partial charge is 0.386 e. The third-order valence-electron chi connectivity index (χ3n) is 7.51. The Kier molecular flexibility index (Phi) is 6.86. The quantitative estimate of drug-likeness (QED) is 0.395. The zero-order valence-electron chi connectivity index (χ0n) is 19.3. The summed E-state index contributed by atoms with van der Waals surface area (Å²) in [5.41, 5.74) is -1.49. The van der Waals surface area contributed by atoms with Crippen LogP contribution in [-0.2, 0) is 9.84 Å². The second-order valence-electron chi connectivity index (χ2n) is 9.50. The summed E-state index contributed by atoms with van der Waals surface area (Å²) >= 11 is 7.50. The first-order valence-corrected chi connectivity index (χ1v) is 14.4. The lowest BCUT2D eigenvalue weighted by Crippen LogP contribution is -2.52. The molecule has 3 N–H and O–H groups in total. The zero-order chi connectivity index (χ0) is 26.5. The maximum Gasteiger partial charge on any atom is 0.255 e. The highest BCUT2D eigenvalue weighted by Gasteiger charge is 2.59. The molecule has 1 amide bonds. The van der Waals surface area contributed by atoms with Crippen LogP contribution in [0.15, 0.2) is 52.9 Å². The number of aliphatic hydroxyl groups excluding tert-OH is 1. The summed E-state index contributed by atoms with van der Waals surface area (Å²) in [6.07, 6.45) is 1.72. The highest BCUT2D eigenvalue weighted by Crippen LogP contribution is 2.56. The number of carbonyl (C=O) groups excluding carboxylic acids is 1. The third-order valence-corrected chi connectivity index (χ3v) is 11.0. The Bertz CT molecular complexity index is 1440. The van der Waals surface area contributed by atoms with Crippen LogP contribution in [-0.4, -0.2) is 40.4 Å². The van der Waals surface area contributed by atoms with Crippen LogP contribution in [0.1, 0.15) is 47.2 Å². The predicted molar refractivity (Wildman–Crippen MR) is 134 cm³/mol. The Labute approximate surface area is 221 Å². The van der Waals surface area contributed by atoms with Crippen LogP contribution in [0.3, 0.4) is 0 Å². The molecule has 2 fully saturated rings. The molecular weight excluding hydrogens is 546 g/mol. The van der Waals surface area contributed by atoms with Gasteiger partial charge in [0.05, 0.1) is 15.2 Å². The Morgan fingerprint density at radius 1 is 1.14 bits per heavy atom. The van der Waals surface area contributed by atoms with Gasteiger partial charge >= 0.3 is 0 Å². The molecule has 12 heteroatoms. The molecule has 37 heavy (non-hydrogen) atoms.